The Morgan fingerprint density at radius 3 is 2.29 bits per heavy atom. The zero-order valence-corrected chi connectivity index (χ0v) is 10.1. The van der Waals surface area contributed by atoms with Crippen molar-refractivity contribution in [1.82, 2.24) is 5.32 Å². The molecular weight excluding hydrogens is 174 g/mol. The van der Waals surface area contributed by atoms with E-state index in [1.807, 2.05) is 6.92 Å². The van der Waals surface area contributed by atoms with Crippen molar-refractivity contribution in [3.8, 4) is 0 Å². The van der Waals surface area contributed by atoms with Crippen LogP contribution in [0.4, 0.5) is 0 Å². The van der Waals surface area contributed by atoms with Crippen LogP contribution in [0.3, 0.4) is 0 Å². The maximum Gasteiger partial charge on any atom is 0.0620 e. The van der Waals surface area contributed by atoms with Gasteiger partial charge in [0.2, 0.25) is 0 Å². The highest BCUT2D eigenvalue weighted by Gasteiger charge is 2.18. The van der Waals surface area contributed by atoms with Crippen molar-refractivity contribution in [2.45, 2.75) is 64.9 Å². The van der Waals surface area contributed by atoms with Crippen LogP contribution in [0.15, 0.2) is 0 Å². The molecule has 86 valence electrons. The van der Waals surface area contributed by atoms with E-state index in [0.29, 0.717) is 0 Å². The minimum atomic E-state index is -0.440. The Morgan fingerprint density at radius 2 is 1.71 bits per heavy atom. The minimum Gasteiger partial charge on any atom is -0.390 e. The molecule has 0 heterocycles. The van der Waals surface area contributed by atoms with E-state index in [9.17, 15) is 5.11 Å². The van der Waals surface area contributed by atoms with Gasteiger partial charge in [-0.15, -0.1) is 0 Å². The SMILES string of the molecule is CCCCCC(C)(O)CCCNCC. The van der Waals surface area contributed by atoms with Gasteiger partial charge in [0, 0.05) is 0 Å². The average molecular weight is 201 g/mol. The summed E-state index contributed by atoms with van der Waals surface area (Å²) in [5.74, 6) is 0. The molecule has 0 spiro atoms. The molecule has 2 nitrogen and oxygen atoms in total. The van der Waals surface area contributed by atoms with E-state index in [1.165, 1.54) is 12.8 Å². The molecule has 0 aromatic carbocycles. The monoisotopic (exact) mass is 201 g/mol. The predicted molar refractivity (Wildman–Crippen MR) is 62.5 cm³/mol. The molecular formula is C12H27NO. The lowest BCUT2D eigenvalue weighted by Crippen LogP contribution is -2.26. The van der Waals surface area contributed by atoms with Gasteiger partial charge in [-0.3, -0.25) is 0 Å². The molecule has 0 saturated carbocycles. The van der Waals surface area contributed by atoms with Crippen molar-refractivity contribution in [3.63, 3.8) is 0 Å². The Balaban J connectivity index is 3.40. The maximum absolute atomic E-state index is 10.0. The molecule has 14 heavy (non-hydrogen) atoms. The topological polar surface area (TPSA) is 32.3 Å². The van der Waals surface area contributed by atoms with Gasteiger partial charge in [-0.1, -0.05) is 33.1 Å². The maximum atomic E-state index is 10.0. The smallest absolute Gasteiger partial charge is 0.0620 e. The van der Waals surface area contributed by atoms with E-state index in [2.05, 4.69) is 19.2 Å². The Bertz CT molecular complexity index is 123. The van der Waals surface area contributed by atoms with Crippen LogP contribution in [0.5, 0.6) is 0 Å². The second-order valence-electron chi connectivity index (χ2n) is 4.41. The van der Waals surface area contributed by atoms with E-state index in [0.717, 1.165) is 38.8 Å². The largest absolute Gasteiger partial charge is 0.390 e. The van der Waals surface area contributed by atoms with Gasteiger partial charge in [0.15, 0.2) is 0 Å². The van der Waals surface area contributed by atoms with Crippen LogP contribution in [-0.4, -0.2) is 23.8 Å². The van der Waals surface area contributed by atoms with Crippen LogP contribution in [0.25, 0.3) is 0 Å². The standard InChI is InChI=1S/C12H27NO/c1-4-6-7-9-12(3,14)10-8-11-13-5-2/h13-14H,4-11H2,1-3H3. The Kier molecular flexibility index (Phi) is 8.20. The Labute approximate surface area is 89.1 Å². The van der Waals surface area contributed by atoms with E-state index in [4.69, 9.17) is 0 Å². The van der Waals surface area contributed by atoms with Crippen LogP contribution in [0.1, 0.15) is 59.3 Å². The summed E-state index contributed by atoms with van der Waals surface area (Å²) in [5, 5.41) is 13.3. The lowest BCUT2D eigenvalue weighted by Gasteiger charge is -2.23. The summed E-state index contributed by atoms with van der Waals surface area (Å²) in [7, 11) is 0. The normalized spacial score (nSPS) is 15.4. The van der Waals surface area contributed by atoms with E-state index < -0.39 is 5.60 Å². The predicted octanol–water partition coefficient (Wildman–Crippen LogP) is 2.71. The van der Waals surface area contributed by atoms with E-state index in [-0.39, 0.29) is 0 Å². The van der Waals surface area contributed by atoms with Crippen molar-refractivity contribution in [1.29, 1.82) is 0 Å². The van der Waals surface area contributed by atoms with Crippen LogP contribution in [0.2, 0.25) is 0 Å². The molecule has 0 radical (unpaired) electrons. The molecule has 0 fully saturated rings. The first-order chi connectivity index (χ1) is 6.62. The quantitative estimate of drug-likeness (QED) is 0.562. The lowest BCUT2D eigenvalue weighted by atomic mass is 9.93. The second-order valence-corrected chi connectivity index (χ2v) is 4.41. The van der Waals surface area contributed by atoms with Crippen molar-refractivity contribution in [2.75, 3.05) is 13.1 Å². The van der Waals surface area contributed by atoms with Gasteiger partial charge in [0.1, 0.15) is 0 Å². The highest BCUT2D eigenvalue weighted by atomic mass is 16.3. The second kappa shape index (κ2) is 8.25. The molecule has 2 N–H and O–H groups in total. The first-order valence-corrected chi connectivity index (χ1v) is 6.05. The summed E-state index contributed by atoms with van der Waals surface area (Å²) in [6, 6.07) is 0. The molecule has 2 heteroatoms. The van der Waals surface area contributed by atoms with Gasteiger partial charge in [-0.25, -0.2) is 0 Å². The number of hydrogen-bond donors (Lipinski definition) is 2. The molecule has 0 aliphatic carbocycles. The molecule has 0 aromatic rings. The number of hydrogen-bond acceptors (Lipinski definition) is 2. The fraction of sp³-hybridized carbons (Fsp3) is 1.00. The number of aliphatic hydroxyl groups is 1. The highest BCUT2D eigenvalue weighted by molar-refractivity contribution is 4.72. The summed E-state index contributed by atoms with van der Waals surface area (Å²) >= 11 is 0. The number of nitrogens with one attached hydrogen (secondary N) is 1. The molecule has 0 aromatic heterocycles. The molecule has 0 bridgehead atoms. The summed E-state index contributed by atoms with van der Waals surface area (Å²) in [5.41, 5.74) is -0.440. The van der Waals surface area contributed by atoms with Crippen molar-refractivity contribution >= 4 is 0 Å². The van der Waals surface area contributed by atoms with Crippen molar-refractivity contribution in [3.05, 3.63) is 0 Å². The summed E-state index contributed by atoms with van der Waals surface area (Å²) in [6.07, 6.45) is 6.57. The fourth-order valence-corrected chi connectivity index (χ4v) is 1.65. The van der Waals surface area contributed by atoms with E-state index >= 15 is 0 Å². The minimum absolute atomic E-state index is 0.440. The van der Waals surface area contributed by atoms with Crippen LogP contribution in [0, 0.1) is 0 Å². The fourth-order valence-electron chi connectivity index (χ4n) is 1.65. The third kappa shape index (κ3) is 8.52. The lowest BCUT2D eigenvalue weighted by molar-refractivity contribution is 0.0375. The molecule has 1 unspecified atom stereocenters. The van der Waals surface area contributed by atoms with Gasteiger partial charge in [0.25, 0.3) is 0 Å². The third-order valence-electron chi connectivity index (χ3n) is 2.64. The number of rotatable bonds is 9. The zero-order chi connectivity index (χ0) is 10.9. The summed E-state index contributed by atoms with van der Waals surface area (Å²) < 4.78 is 0. The third-order valence-corrected chi connectivity index (χ3v) is 2.64. The van der Waals surface area contributed by atoms with Gasteiger partial charge in [-0.2, -0.15) is 0 Å². The first-order valence-electron chi connectivity index (χ1n) is 6.05. The highest BCUT2D eigenvalue weighted by Crippen LogP contribution is 2.19. The molecule has 0 rings (SSSR count). The molecule has 0 amide bonds. The van der Waals surface area contributed by atoms with E-state index in [1.54, 1.807) is 0 Å². The summed E-state index contributed by atoms with van der Waals surface area (Å²) in [4.78, 5) is 0. The van der Waals surface area contributed by atoms with Crippen LogP contribution >= 0.6 is 0 Å². The zero-order valence-electron chi connectivity index (χ0n) is 10.1. The van der Waals surface area contributed by atoms with Gasteiger partial charge >= 0.3 is 0 Å². The van der Waals surface area contributed by atoms with Gasteiger partial charge in [-0.05, 0) is 39.3 Å². The average Bonchev–Trinajstić information content (AvgIpc) is 2.13. The number of unbranched alkanes of at least 4 members (excludes halogenated alkanes) is 2. The molecule has 0 aliphatic heterocycles. The molecule has 0 saturated heterocycles. The Morgan fingerprint density at radius 1 is 1.07 bits per heavy atom. The van der Waals surface area contributed by atoms with Gasteiger partial charge in [0.05, 0.1) is 5.60 Å². The molecule has 0 aliphatic rings. The van der Waals surface area contributed by atoms with Crippen LogP contribution in [-0.2, 0) is 0 Å². The molecule has 1 atom stereocenters. The van der Waals surface area contributed by atoms with Crippen LogP contribution < -0.4 is 5.32 Å². The van der Waals surface area contributed by atoms with Crippen molar-refractivity contribution in [2.24, 2.45) is 0 Å². The summed E-state index contributed by atoms with van der Waals surface area (Å²) in [6.45, 7) is 8.33. The van der Waals surface area contributed by atoms with Crippen molar-refractivity contribution < 1.29 is 5.11 Å². The Hall–Kier alpha value is -0.0800. The van der Waals surface area contributed by atoms with Gasteiger partial charge < -0.3 is 10.4 Å². The first kappa shape index (κ1) is 13.9.